The number of benzene rings is 2. The number of nitrogens with one attached hydrogen (secondary N) is 4. The third-order valence-electron chi connectivity index (χ3n) is 16.7. The van der Waals surface area contributed by atoms with E-state index < -0.39 is 84.3 Å². The summed E-state index contributed by atoms with van der Waals surface area (Å²) in [7, 11) is 6.22. The molecular formula is C64H102N8O13. The van der Waals surface area contributed by atoms with Gasteiger partial charge < -0.3 is 61.0 Å². The van der Waals surface area contributed by atoms with E-state index in [1.807, 2.05) is 80.5 Å². The number of methoxy groups -OCH3 is 2. The molecule has 0 saturated carbocycles. The Morgan fingerprint density at radius 1 is 0.765 bits per heavy atom. The fourth-order valence-electron chi connectivity index (χ4n) is 11.6. The molecule has 476 valence electrons. The summed E-state index contributed by atoms with van der Waals surface area (Å²) in [6, 6.07) is 11.7. The van der Waals surface area contributed by atoms with Gasteiger partial charge in [0.05, 0.1) is 60.9 Å². The molecule has 1 fully saturated rings. The summed E-state index contributed by atoms with van der Waals surface area (Å²) < 4.78 is 17.8. The summed E-state index contributed by atoms with van der Waals surface area (Å²) in [5, 5.41) is 22.1. The van der Waals surface area contributed by atoms with Crippen LogP contribution in [0.4, 0.5) is 15.3 Å². The number of carbonyl (C=O) groups excluding carboxylic acids is 9. The van der Waals surface area contributed by atoms with E-state index in [4.69, 9.17) is 19.9 Å². The fraction of sp³-hybridized carbons (Fsp3) is 0.672. The third kappa shape index (κ3) is 21.8. The van der Waals surface area contributed by atoms with Crippen LogP contribution in [-0.2, 0) is 54.4 Å². The minimum absolute atomic E-state index is 0.0585. The molecule has 0 spiro atoms. The van der Waals surface area contributed by atoms with Crippen molar-refractivity contribution >= 4 is 58.9 Å². The van der Waals surface area contributed by atoms with Gasteiger partial charge in [0.1, 0.15) is 6.61 Å². The summed E-state index contributed by atoms with van der Waals surface area (Å²) in [6.45, 7) is 20.9. The first-order valence-corrected chi connectivity index (χ1v) is 30.5. The molecule has 0 bridgehead atoms. The summed E-state index contributed by atoms with van der Waals surface area (Å²) in [6.07, 6.45) is 0.0235. The standard InChI is InChI=1S/C64H102N8O13/c1-16-23-53(75)69-55(39(5)6)50(73)34-46(26-21-32-66-63(65)81)61(79)68-47-30-28-44(29-31-47)37-85-64(82)71(13)56(40(7)8)51(74)35-48(38(3)4)62(80)70(12)57(41(9)17-2)52(83-14)36-54(76)72-33-22-27-49(72)59(84-15)42(10)60(78)67-43(11)58(77)45-24-19-18-20-25-45/h18-20,24-25,28-31,38-43,46,48-49,52,55-59,77H,16-17,21-23,26-27,32-37H2,1-15H3,(H,67,78)(H,68,79)(H,69,75)(H3,65,66,81)/t41-,42+,43+,46+,48-,49-,52+,55-,56-,57-,58+,59+/m0/s1. The number of carbonyl (C=O) groups is 9. The number of amides is 8. The molecule has 7 N–H and O–H groups in total. The molecule has 8 amide bonds. The SMILES string of the molecule is CCCC(=O)N[C@H](C(=O)C[C@@H](CCCNC(N)=O)C(=O)Nc1ccc(COC(=O)N(C)[C@H](C(=O)C[C@H](C(=O)N(C)[C@@H]([C@@H](C)CC)[C@@H](CC(=O)N2CCC[C@H]2[C@H](OC)[C@@H](C)C(=O)N[C@H](C)[C@@H](O)c2ccccc2)OC)C(C)C)C(C)C)cc1)C(C)C. The first-order chi connectivity index (χ1) is 40.1. The molecule has 2 aromatic rings. The monoisotopic (exact) mass is 1190 g/mol. The lowest BCUT2D eigenvalue weighted by Crippen LogP contribution is -2.55. The number of aliphatic hydroxyl groups is 1. The number of ketones is 2. The number of likely N-dealkylation sites (tertiary alicyclic amines) is 1. The largest absolute Gasteiger partial charge is 0.445 e. The topological polar surface area (TPSA) is 285 Å². The van der Waals surface area contributed by atoms with Gasteiger partial charge in [-0.05, 0) is 86.0 Å². The van der Waals surface area contributed by atoms with Gasteiger partial charge in [-0.15, -0.1) is 0 Å². The predicted molar refractivity (Wildman–Crippen MR) is 326 cm³/mol. The maximum Gasteiger partial charge on any atom is 0.410 e. The van der Waals surface area contributed by atoms with E-state index >= 15 is 0 Å². The smallest absolute Gasteiger partial charge is 0.410 e. The lowest BCUT2D eigenvalue weighted by molar-refractivity contribution is -0.149. The Hall–Kier alpha value is -6.45. The van der Waals surface area contributed by atoms with Crippen LogP contribution in [0.2, 0.25) is 0 Å². The number of anilines is 1. The number of likely N-dealkylation sites (N-methyl/N-ethyl adjacent to an activating group) is 2. The van der Waals surface area contributed by atoms with Gasteiger partial charge >= 0.3 is 12.1 Å². The van der Waals surface area contributed by atoms with Crippen LogP contribution < -0.4 is 27.0 Å². The first kappa shape index (κ1) is 72.8. The zero-order chi connectivity index (χ0) is 63.8. The van der Waals surface area contributed by atoms with E-state index in [1.54, 1.807) is 67.1 Å². The van der Waals surface area contributed by atoms with E-state index in [2.05, 4.69) is 21.3 Å². The molecule has 0 unspecified atom stereocenters. The average molecular weight is 1190 g/mol. The van der Waals surface area contributed by atoms with Gasteiger partial charge in [-0.2, -0.15) is 0 Å². The van der Waals surface area contributed by atoms with Gasteiger partial charge in [0.25, 0.3) is 0 Å². The molecule has 1 aliphatic rings. The minimum Gasteiger partial charge on any atom is -0.445 e. The zero-order valence-electron chi connectivity index (χ0n) is 53.3. The summed E-state index contributed by atoms with van der Waals surface area (Å²) in [4.78, 5) is 127. The highest BCUT2D eigenvalue weighted by molar-refractivity contribution is 5.97. The van der Waals surface area contributed by atoms with Gasteiger partial charge in [-0.25, -0.2) is 9.59 Å². The molecule has 1 aliphatic heterocycles. The quantitative estimate of drug-likeness (QED) is 0.0360. The Bertz CT molecular complexity index is 2480. The van der Waals surface area contributed by atoms with Gasteiger partial charge in [0.15, 0.2) is 11.6 Å². The number of urea groups is 1. The molecule has 21 nitrogen and oxygen atoms in total. The van der Waals surface area contributed by atoms with Crippen LogP contribution >= 0.6 is 0 Å². The van der Waals surface area contributed by atoms with E-state index in [1.165, 1.54) is 26.2 Å². The normalized spacial score (nSPS) is 17.3. The lowest BCUT2D eigenvalue weighted by Gasteiger charge is -2.41. The second kappa shape index (κ2) is 35.9. The molecule has 0 aliphatic carbocycles. The Morgan fingerprint density at radius 3 is 1.96 bits per heavy atom. The molecule has 1 saturated heterocycles. The molecule has 0 radical (unpaired) electrons. The molecule has 21 heteroatoms. The third-order valence-corrected chi connectivity index (χ3v) is 16.7. The molecule has 0 aromatic heterocycles. The van der Waals surface area contributed by atoms with Crippen LogP contribution in [0.1, 0.15) is 158 Å². The number of Topliss-reactive ketones (excluding diaryl/α,β-unsaturated/α-hetero) is 2. The van der Waals surface area contributed by atoms with Crippen molar-refractivity contribution in [1.29, 1.82) is 0 Å². The highest BCUT2D eigenvalue weighted by atomic mass is 16.6. The van der Waals surface area contributed by atoms with Gasteiger partial charge in [0.2, 0.25) is 29.5 Å². The Balaban J connectivity index is 1.71. The molecule has 3 rings (SSSR count). The summed E-state index contributed by atoms with van der Waals surface area (Å²) in [5.74, 6) is -5.34. The summed E-state index contributed by atoms with van der Waals surface area (Å²) in [5.41, 5.74) is 6.90. The number of rotatable bonds is 36. The van der Waals surface area contributed by atoms with Gasteiger partial charge in [-0.3, -0.25) is 33.6 Å². The average Bonchev–Trinajstić information content (AvgIpc) is 4.23. The van der Waals surface area contributed by atoms with E-state index in [9.17, 15) is 48.3 Å². The van der Waals surface area contributed by atoms with E-state index in [0.29, 0.717) is 55.5 Å². The maximum absolute atomic E-state index is 14.8. The van der Waals surface area contributed by atoms with Crippen LogP contribution in [0.15, 0.2) is 54.6 Å². The number of hydrogen-bond acceptors (Lipinski definition) is 13. The van der Waals surface area contributed by atoms with Crippen LogP contribution in [0.5, 0.6) is 0 Å². The maximum atomic E-state index is 14.8. The number of aliphatic hydroxyl groups excluding tert-OH is 1. The molecule has 12 atom stereocenters. The van der Waals surface area contributed by atoms with Crippen molar-refractivity contribution in [2.45, 2.75) is 195 Å². The highest BCUT2D eigenvalue weighted by Gasteiger charge is 2.44. The van der Waals surface area contributed by atoms with Crippen molar-refractivity contribution in [2.24, 2.45) is 47.2 Å². The predicted octanol–water partition coefficient (Wildman–Crippen LogP) is 7.57. The lowest BCUT2D eigenvalue weighted by atomic mass is 9.83. The second-order valence-corrected chi connectivity index (χ2v) is 24.1. The number of hydrogen-bond donors (Lipinski definition) is 6. The first-order valence-electron chi connectivity index (χ1n) is 30.5. The van der Waals surface area contributed by atoms with Crippen molar-refractivity contribution in [1.82, 2.24) is 30.7 Å². The van der Waals surface area contributed by atoms with E-state index in [0.717, 1.165) is 0 Å². The highest BCUT2D eigenvalue weighted by Crippen LogP contribution is 2.32. The van der Waals surface area contributed by atoms with Crippen molar-refractivity contribution in [3.05, 3.63) is 65.7 Å². The van der Waals surface area contributed by atoms with Crippen molar-refractivity contribution in [2.75, 3.05) is 46.7 Å². The van der Waals surface area contributed by atoms with E-state index in [-0.39, 0.29) is 104 Å². The molecule has 85 heavy (non-hydrogen) atoms. The molecule has 1 heterocycles. The number of nitrogens with two attached hydrogens (primary N) is 1. The fourth-order valence-corrected chi connectivity index (χ4v) is 11.6. The van der Waals surface area contributed by atoms with Crippen molar-refractivity contribution in [3.8, 4) is 0 Å². The summed E-state index contributed by atoms with van der Waals surface area (Å²) >= 11 is 0. The molecule has 2 aromatic carbocycles. The zero-order valence-corrected chi connectivity index (χ0v) is 53.3. The Morgan fingerprint density at radius 2 is 1.41 bits per heavy atom. The van der Waals surface area contributed by atoms with Crippen LogP contribution in [0, 0.1) is 41.4 Å². The Kier molecular flexibility index (Phi) is 30.7. The number of ether oxygens (including phenoxy) is 3. The van der Waals surface area contributed by atoms with Gasteiger partial charge in [-0.1, -0.05) is 118 Å². The van der Waals surface area contributed by atoms with Crippen LogP contribution in [-0.4, -0.2) is 157 Å². The van der Waals surface area contributed by atoms with Gasteiger partial charge in [0, 0.05) is 78.2 Å². The van der Waals surface area contributed by atoms with Crippen LogP contribution in [0.25, 0.3) is 0 Å². The van der Waals surface area contributed by atoms with Crippen molar-refractivity contribution < 1.29 is 62.5 Å². The van der Waals surface area contributed by atoms with Crippen molar-refractivity contribution in [3.63, 3.8) is 0 Å². The number of primary amides is 1. The molecular weight excluding hydrogens is 1090 g/mol. The van der Waals surface area contributed by atoms with Crippen LogP contribution in [0.3, 0.4) is 0 Å². The Labute approximate surface area is 505 Å². The minimum atomic E-state index is -0.948. The number of nitrogens with zero attached hydrogens (tertiary/aromatic N) is 3. The second-order valence-electron chi connectivity index (χ2n) is 24.1.